The van der Waals surface area contributed by atoms with Crippen LogP contribution in [0.25, 0.3) is 0 Å². The molecule has 1 fully saturated rings. The fourth-order valence-electron chi connectivity index (χ4n) is 4.29. The fourth-order valence-corrected chi connectivity index (χ4v) is 4.29. The number of allylic oxidation sites excluding steroid dienone is 1. The van der Waals surface area contributed by atoms with Crippen molar-refractivity contribution < 1.29 is 36.2 Å². The molecule has 0 N–H and O–H groups in total. The van der Waals surface area contributed by atoms with Gasteiger partial charge in [0.1, 0.15) is 0 Å². The highest BCUT2D eigenvalue weighted by Crippen LogP contribution is 2.45. The van der Waals surface area contributed by atoms with E-state index in [1.807, 2.05) is 0 Å². The highest BCUT2D eigenvalue weighted by molar-refractivity contribution is 5.55. The maximum atomic E-state index is 14.7. The Labute approximate surface area is 182 Å². The molecule has 0 radical (unpaired) electrons. The SMILES string of the molecule is CCOc1ccc2c(c1F)Oc1c(cc(OCC3CCC(C=C(F)F)CC3)c(F)c1F)C2. The number of fused-ring (bicyclic) bond motifs is 2. The molecule has 3 nitrogen and oxygen atoms in total. The summed E-state index contributed by atoms with van der Waals surface area (Å²) in [6.45, 7) is 2.12. The van der Waals surface area contributed by atoms with E-state index in [9.17, 15) is 22.0 Å². The second kappa shape index (κ2) is 9.38. The predicted molar refractivity (Wildman–Crippen MR) is 108 cm³/mol. The molecular formula is C24H23F5O3. The summed E-state index contributed by atoms with van der Waals surface area (Å²) >= 11 is 0. The van der Waals surface area contributed by atoms with Gasteiger partial charge in [0.25, 0.3) is 6.08 Å². The molecule has 32 heavy (non-hydrogen) atoms. The standard InChI is InChI=1S/C24H23F5O3/c1-2-30-17-8-7-15-10-16-11-18(20(27)22(29)24(16)32-23(15)21(17)28)31-12-14-5-3-13(4-6-14)9-19(25)26/h7-9,11,13-14H,2-6,10,12H2,1H3. The second-order valence-corrected chi connectivity index (χ2v) is 8.12. The molecule has 1 aliphatic heterocycles. The van der Waals surface area contributed by atoms with Crippen molar-refractivity contribution in [2.45, 2.75) is 39.0 Å². The molecule has 1 saturated carbocycles. The number of hydrogen-bond acceptors (Lipinski definition) is 3. The van der Waals surface area contributed by atoms with Gasteiger partial charge in [-0.25, -0.2) is 0 Å². The Kier molecular flexibility index (Phi) is 6.58. The molecule has 1 heterocycles. The minimum Gasteiger partial charge on any atom is -0.491 e. The largest absolute Gasteiger partial charge is 0.491 e. The van der Waals surface area contributed by atoms with E-state index in [1.54, 1.807) is 13.0 Å². The van der Waals surface area contributed by atoms with E-state index in [0.29, 0.717) is 36.8 Å². The predicted octanol–water partition coefficient (Wildman–Crippen LogP) is 7.16. The van der Waals surface area contributed by atoms with Gasteiger partial charge in [-0.3, -0.25) is 0 Å². The van der Waals surface area contributed by atoms with Gasteiger partial charge in [-0.2, -0.15) is 22.0 Å². The molecule has 0 atom stereocenters. The van der Waals surface area contributed by atoms with Crippen LogP contribution in [0.5, 0.6) is 23.0 Å². The van der Waals surface area contributed by atoms with Crippen LogP contribution in [-0.4, -0.2) is 13.2 Å². The molecule has 0 spiro atoms. The zero-order valence-corrected chi connectivity index (χ0v) is 17.5. The van der Waals surface area contributed by atoms with Crippen LogP contribution in [0, 0.1) is 29.3 Å². The van der Waals surface area contributed by atoms with Gasteiger partial charge in [0.2, 0.25) is 17.5 Å². The Morgan fingerprint density at radius 2 is 1.66 bits per heavy atom. The first-order valence-electron chi connectivity index (χ1n) is 10.7. The molecule has 0 amide bonds. The first-order valence-corrected chi connectivity index (χ1v) is 10.7. The van der Waals surface area contributed by atoms with Gasteiger partial charge in [0.15, 0.2) is 23.0 Å². The van der Waals surface area contributed by atoms with Gasteiger partial charge in [-0.05, 0) is 62.7 Å². The molecule has 0 bridgehead atoms. The van der Waals surface area contributed by atoms with Gasteiger partial charge in [-0.15, -0.1) is 0 Å². The summed E-state index contributed by atoms with van der Waals surface area (Å²) in [6.07, 6.45) is 2.00. The smallest absolute Gasteiger partial charge is 0.266 e. The Balaban J connectivity index is 1.48. The normalized spacial score (nSPS) is 19.4. The third-order valence-electron chi connectivity index (χ3n) is 5.96. The van der Waals surface area contributed by atoms with Crippen molar-refractivity contribution in [2.75, 3.05) is 13.2 Å². The molecule has 2 aliphatic rings. The average molecular weight is 454 g/mol. The molecule has 1 aliphatic carbocycles. The zero-order chi connectivity index (χ0) is 22.8. The summed E-state index contributed by atoms with van der Waals surface area (Å²) < 4.78 is 85.0. The molecular weight excluding hydrogens is 431 g/mol. The van der Waals surface area contributed by atoms with E-state index in [4.69, 9.17) is 14.2 Å². The van der Waals surface area contributed by atoms with Crippen LogP contribution in [0.15, 0.2) is 30.4 Å². The molecule has 0 unspecified atom stereocenters. The molecule has 2 aromatic carbocycles. The zero-order valence-electron chi connectivity index (χ0n) is 17.5. The van der Waals surface area contributed by atoms with Crippen LogP contribution in [0.3, 0.4) is 0 Å². The Bertz CT molecular complexity index is 1030. The third kappa shape index (κ3) is 4.54. The molecule has 0 aromatic heterocycles. The lowest BCUT2D eigenvalue weighted by atomic mass is 9.82. The van der Waals surface area contributed by atoms with Gasteiger partial charge in [-0.1, -0.05) is 6.07 Å². The number of hydrogen-bond donors (Lipinski definition) is 0. The lowest BCUT2D eigenvalue weighted by molar-refractivity contribution is 0.186. The van der Waals surface area contributed by atoms with Crippen LogP contribution in [0.4, 0.5) is 22.0 Å². The maximum Gasteiger partial charge on any atom is 0.266 e. The quantitative estimate of drug-likeness (QED) is 0.370. The van der Waals surface area contributed by atoms with E-state index >= 15 is 0 Å². The van der Waals surface area contributed by atoms with Crippen molar-refractivity contribution in [2.24, 2.45) is 11.8 Å². The highest BCUT2D eigenvalue weighted by Gasteiger charge is 2.30. The Morgan fingerprint density at radius 1 is 0.938 bits per heavy atom. The first-order chi connectivity index (χ1) is 15.4. The van der Waals surface area contributed by atoms with Gasteiger partial charge in [0, 0.05) is 17.5 Å². The van der Waals surface area contributed by atoms with Crippen molar-refractivity contribution in [3.63, 3.8) is 0 Å². The number of halogens is 5. The van der Waals surface area contributed by atoms with E-state index in [2.05, 4.69) is 0 Å². The summed E-state index contributed by atoms with van der Waals surface area (Å²) in [6, 6.07) is 4.48. The van der Waals surface area contributed by atoms with Crippen molar-refractivity contribution in [1.82, 2.24) is 0 Å². The van der Waals surface area contributed by atoms with Crippen LogP contribution in [0.1, 0.15) is 43.7 Å². The average Bonchev–Trinajstić information content (AvgIpc) is 2.77. The number of ether oxygens (including phenoxy) is 3. The highest BCUT2D eigenvalue weighted by atomic mass is 19.3. The molecule has 172 valence electrons. The van der Waals surface area contributed by atoms with Gasteiger partial charge < -0.3 is 14.2 Å². The monoisotopic (exact) mass is 454 g/mol. The number of rotatable bonds is 6. The second-order valence-electron chi connectivity index (χ2n) is 8.12. The van der Waals surface area contributed by atoms with Crippen LogP contribution < -0.4 is 14.2 Å². The van der Waals surface area contributed by atoms with Crippen molar-refractivity contribution >= 4 is 0 Å². The number of benzene rings is 2. The maximum absolute atomic E-state index is 14.7. The van der Waals surface area contributed by atoms with Gasteiger partial charge in [0.05, 0.1) is 13.2 Å². The third-order valence-corrected chi connectivity index (χ3v) is 5.96. The van der Waals surface area contributed by atoms with Crippen molar-refractivity contribution in [1.29, 1.82) is 0 Å². The van der Waals surface area contributed by atoms with E-state index in [0.717, 1.165) is 6.08 Å². The molecule has 0 saturated heterocycles. The molecule has 2 aromatic rings. The van der Waals surface area contributed by atoms with E-state index in [1.165, 1.54) is 12.1 Å². The van der Waals surface area contributed by atoms with Crippen LogP contribution in [-0.2, 0) is 6.42 Å². The lowest BCUT2D eigenvalue weighted by Crippen LogP contribution is -2.20. The lowest BCUT2D eigenvalue weighted by Gasteiger charge is -2.27. The minimum atomic E-state index is -1.67. The van der Waals surface area contributed by atoms with E-state index < -0.39 is 23.5 Å². The minimum absolute atomic E-state index is 0.0185. The summed E-state index contributed by atoms with van der Waals surface area (Å²) in [5.74, 6) is -4.08. The van der Waals surface area contributed by atoms with E-state index in [-0.39, 0.29) is 54.5 Å². The fraction of sp³-hybridized carbons (Fsp3) is 0.417. The van der Waals surface area contributed by atoms with Crippen molar-refractivity contribution in [3.05, 3.63) is 58.9 Å². The summed E-state index contributed by atoms with van der Waals surface area (Å²) in [5, 5.41) is 0. The molecule has 8 heteroatoms. The first kappa shape index (κ1) is 22.4. The summed E-state index contributed by atoms with van der Waals surface area (Å²) in [5.41, 5.74) is 0.837. The topological polar surface area (TPSA) is 27.7 Å². The summed E-state index contributed by atoms with van der Waals surface area (Å²) in [7, 11) is 0. The van der Waals surface area contributed by atoms with Crippen molar-refractivity contribution in [3.8, 4) is 23.0 Å². The summed E-state index contributed by atoms with van der Waals surface area (Å²) in [4.78, 5) is 0. The molecule has 4 rings (SSSR count). The van der Waals surface area contributed by atoms with Gasteiger partial charge >= 0.3 is 0 Å². The van der Waals surface area contributed by atoms with Crippen LogP contribution in [0.2, 0.25) is 0 Å². The Hall–Kier alpha value is -2.77. The Morgan fingerprint density at radius 3 is 2.34 bits per heavy atom. The van der Waals surface area contributed by atoms with Crippen LogP contribution >= 0.6 is 0 Å².